The van der Waals surface area contributed by atoms with Gasteiger partial charge in [-0.2, -0.15) is 0 Å². The second-order valence-corrected chi connectivity index (χ2v) is 5.63. The van der Waals surface area contributed by atoms with E-state index in [1.54, 1.807) is 12.1 Å². The molecule has 0 saturated carbocycles. The van der Waals surface area contributed by atoms with Crippen LogP contribution >= 0.6 is 0 Å². The number of hydrogen-bond acceptors (Lipinski definition) is 4. The van der Waals surface area contributed by atoms with Crippen LogP contribution in [-0.2, 0) is 11.2 Å². The molecule has 0 saturated heterocycles. The van der Waals surface area contributed by atoms with Crippen LogP contribution in [0.25, 0.3) is 0 Å². The van der Waals surface area contributed by atoms with Crippen LogP contribution in [0.3, 0.4) is 0 Å². The van der Waals surface area contributed by atoms with Crippen LogP contribution in [0.5, 0.6) is 0 Å². The highest BCUT2D eigenvalue weighted by Gasteiger charge is 2.10. The number of ether oxygens (including phenoxy) is 1. The first kappa shape index (κ1) is 17.2. The number of carbonyl (C=O) groups is 1. The summed E-state index contributed by atoms with van der Waals surface area (Å²) in [6.07, 6.45) is 0.309. The van der Waals surface area contributed by atoms with E-state index in [4.69, 9.17) is 0 Å². The molecule has 0 aliphatic heterocycles. The molecular weight excluding hydrogens is 292 g/mol. The van der Waals surface area contributed by atoms with E-state index in [0.717, 1.165) is 17.5 Å². The normalized spacial score (nSPS) is 13.3. The first-order chi connectivity index (χ1) is 11.1. The van der Waals surface area contributed by atoms with Crippen molar-refractivity contribution in [2.45, 2.75) is 25.5 Å². The van der Waals surface area contributed by atoms with Crippen LogP contribution in [0.2, 0.25) is 0 Å². The molecule has 122 valence electrons. The fourth-order valence-corrected chi connectivity index (χ4v) is 2.43. The Morgan fingerprint density at radius 2 is 1.83 bits per heavy atom. The summed E-state index contributed by atoms with van der Waals surface area (Å²) in [6, 6.07) is 17.2. The van der Waals surface area contributed by atoms with Crippen molar-refractivity contribution < 1.29 is 14.6 Å². The molecule has 23 heavy (non-hydrogen) atoms. The van der Waals surface area contributed by atoms with Crippen molar-refractivity contribution in [2.24, 2.45) is 0 Å². The summed E-state index contributed by atoms with van der Waals surface area (Å²) < 4.78 is 4.69. The van der Waals surface area contributed by atoms with Crippen LogP contribution in [0.15, 0.2) is 54.6 Å². The number of benzene rings is 2. The van der Waals surface area contributed by atoms with Crippen molar-refractivity contribution in [1.82, 2.24) is 5.32 Å². The molecule has 2 aromatic carbocycles. The monoisotopic (exact) mass is 315 g/mol. The van der Waals surface area contributed by atoms with Crippen molar-refractivity contribution in [1.29, 1.82) is 0 Å². The minimum absolute atomic E-state index is 0.220. The van der Waals surface area contributed by atoms with Gasteiger partial charge >= 0.3 is 5.97 Å². The zero-order valence-corrected chi connectivity index (χ0v) is 13.5. The number of methoxy groups -OCH3 is 1. The summed E-state index contributed by atoms with van der Waals surface area (Å²) in [5.41, 5.74) is 2.60. The lowest BCUT2D eigenvalue weighted by molar-refractivity contribution is 0.0600. The summed E-state index contributed by atoms with van der Waals surface area (Å²) >= 11 is 0. The van der Waals surface area contributed by atoms with E-state index >= 15 is 0 Å². The first-order valence-corrected chi connectivity index (χ1v) is 7.74. The summed E-state index contributed by atoms with van der Waals surface area (Å²) in [4.78, 5) is 11.4. The SMILES string of the molecule is COC(=O)c1ccc([14CH2]C(C)NCC(O)c2ccccc2)cc1. The predicted molar refractivity (Wildman–Crippen MR) is 90.4 cm³/mol. The minimum atomic E-state index is -0.514. The van der Waals surface area contributed by atoms with Gasteiger partial charge < -0.3 is 15.2 Å². The Morgan fingerprint density at radius 1 is 1.17 bits per heavy atom. The molecule has 0 spiro atoms. The third-order valence-corrected chi connectivity index (χ3v) is 3.76. The van der Waals surface area contributed by atoms with Crippen molar-refractivity contribution in [3.8, 4) is 0 Å². The number of rotatable bonds is 7. The lowest BCUT2D eigenvalue weighted by Crippen LogP contribution is -2.32. The summed E-state index contributed by atoms with van der Waals surface area (Å²) in [7, 11) is 1.38. The topological polar surface area (TPSA) is 58.6 Å². The Kier molecular flexibility index (Phi) is 6.32. The molecule has 0 heterocycles. The standard InChI is InChI=1S/C19H23NO3/c1-14(20-13-18(21)16-6-4-3-5-7-16)12-15-8-10-17(11-9-15)19(22)23-2/h3-11,14,18,20-21H,12-13H2,1-2H3/i12+2. The van der Waals surface area contributed by atoms with Gasteiger partial charge in [-0.05, 0) is 36.6 Å². The molecule has 2 rings (SSSR count). The molecule has 4 nitrogen and oxygen atoms in total. The van der Waals surface area contributed by atoms with E-state index < -0.39 is 6.10 Å². The zero-order chi connectivity index (χ0) is 16.7. The smallest absolute Gasteiger partial charge is 0.337 e. The van der Waals surface area contributed by atoms with Gasteiger partial charge in [-0.1, -0.05) is 42.5 Å². The molecule has 0 aliphatic rings. The molecule has 0 bridgehead atoms. The van der Waals surface area contributed by atoms with Gasteiger partial charge in [-0.3, -0.25) is 0 Å². The van der Waals surface area contributed by atoms with Crippen LogP contribution in [-0.4, -0.2) is 30.8 Å². The van der Waals surface area contributed by atoms with E-state index in [2.05, 4.69) is 17.0 Å². The summed E-state index contributed by atoms with van der Waals surface area (Å²) in [5, 5.41) is 13.5. The average molecular weight is 315 g/mol. The van der Waals surface area contributed by atoms with Crippen molar-refractivity contribution in [3.63, 3.8) is 0 Å². The van der Waals surface area contributed by atoms with E-state index in [0.29, 0.717) is 12.1 Å². The highest BCUT2D eigenvalue weighted by atomic mass is 16.5. The van der Waals surface area contributed by atoms with Crippen molar-refractivity contribution in [2.75, 3.05) is 13.7 Å². The minimum Gasteiger partial charge on any atom is -0.465 e. The molecule has 2 unspecified atom stereocenters. The molecular formula is C19H23NO3. The highest BCUT2D eigenvalue weighted by molar-refractivity contribution is 5.89. The van der Waals surface area contributed by atoms with Gasteiger partial charge in [0.2, 0.25) is 0 Å². The number of aliphatic hydroxyl groups excluding tert-OH is 1. The molecule has 2 aromatic rings. The molecule has 2 atom stereocenters. The molecule has 2 N–H and O–H groups in total. The van der Waals surface area contributed by atoms with Gasteiger partial charge in [-0.25, -0.2) is 4.79 Å². The highest BCUT2D eigenvalue weighted by Crippen LogP contribution is 2.12. The predicted octanol–water partition coefficient (Wildman–Crippen LogP) is 2.73. The van der Waals surface area contributed by atoms with Crippen molar-refractivity contribution in [3.05, 3.63) is 71.3 Å². The Balaban J connectivity index is 1.82. The average Bonchev–Trinajstić information content (AvgIpc) is 2.60. The van der Waals surface area contributed by atoms with Gasteiger partial charge in [0.15, 0.2) is 0 Å². The number of esters is 1. The quantitative estimate of drug-likeness (QED) is 0.771. The van der Waals surface area contributed by atoms with Gasteiger partial charge in [0.1, 0.15) is 0 Å². The van der Waals surface area contributed by atoms with E-state index in [1.165, 1.54) is 7.11 Å². The molecule has 0 fully saturated rings. The van der Waals surface area contributed by atoms with Crippen molar-refractivity contribution >= 4 is 5.97 Å². The lowest BCUT2D eigenvalue weighted by Gasteiger charge is -2.17. The largest absolute Gasteiger partial charge is 0.465 e. The van der Waals surface area contributed by atoms with E-state index in [1.807, 2.05) is 42.5 Å². The maximum Gasteiger partial charge on any atom is 0.337 e. The summed E-state index contributed by atoms with van der Waals surface area (Å²) in [5.74, 6) is -0.325. The Morgan fingerprint density at radius 3 is 2.43 bits per heavy atom. The summed E-state index contributed by atoms with van der Waals surface area (Å²) in [6.45, 7) is 2.58. The van der Waals surface area contributed by atoms with Crippen LogP contribution < -0.4 is 5.32 Å². The third kappa shape index (κ3) is 5.20. The first-order valence-electron chi connectivity index (χ1n) is 7.74. The van der Waals surface area contributed by atoms with Gasteiger partial charge in [0, 0.05) is 12.6 Å². The maximum absolute atomic E-state index is 11.4. The van der Waals surface area contributed by atoms with Gasteiger partial charge in [0.25, 0.3) is 0 Å². The number of nitrogens with one attached hydrogen (secondary N) is 1. The Hall–Kier alpha value is -2.17. The van der Waals surface area contributed by atoms with Gasteiger partial charge in [0.05, 0.1) is 18.8 Å². The number of hydrogen-bond donors (Lipinski definition) is 2. The molecule has 0 amide bonds. The second-order valence-electron chi connectivity index (χ2n) is 5.63. The maximum atomic E-state index is 11.4. The Labute approximate surface area is 137 Å². The number of aliphatic hydroxyl groups is 1. The molecule has 4 heteroatoms. The van der Waals surface area contributed by atoms with Crippen LogP contribution in [0, 0.1) is 0 Å². The van der Waals surface area contributed by atoms with Gasteiger partial charge in [-0.15, -0.1) is 0 Å². The molecule has 0 radical (unpaired) electrons. The Bertz CT molecular complexity index is 610. The molecule has 0 aromatic heterocycles. The van der Waals surface area contributed by atoms with E-state index in [9.17, 15) is 9.90 Å². The second kappa shape index (κ2) is 8.46. The fraction of sp³-hybridized carbons (Fsp3) is 0.316. The van der Waals surface area contributed by atoms with Crippen LogP contribution in [0.4, 0.5) is 0 Å². The number of carbonyl (C=O) groups excluding carboxylic acids is 1. The fourth-order valence-electron chi connectivity index (χ4n) is 2.43. The lowest BCUT2D eigenvalue weighted by atomic mass is 10.1. The third-order valence-electron chi connectivity index (χ3n) is 3.76. The van der Waals surface area contributed by atoms with Crippen LogP contribution in [0.1, 0.15) is 34.5 Å². The van der Waals surface area contributed by atoms with E-state index in [-0.39, 0.29) is 12.0 Å². The molecule has 0 aliphatic carbocycles. The zero-order valence-electron chi connectivity index (χ0n) is 13.5.